The van der Waals surface area contributed by atoms with Gasteiger partial charge in [0, 0.05) is 6.42 Å². The van der Waals surface area contributed by atoms with Crippen molar-refractivity contribution in [3.63, 3.8) is 0 Å². The molecule has 0 radical (unpaired) electrons. The summed E-state index contributed by atoms with van der Waals surface area (Å²) in [5.74, 6) is 0.377. The Morgan fingerprint density at radius 1 is 1.36 bits per heavy atom. The quantitative estimate of drug-likeness (QED) is 0.868. The molecule has 1 aromatic rings. The first-order chi connectivity index (χ1) is 10.4. The molecule has 120 valence electrons. The molecule has 1 fully saturated rings. The standard InChI is InChI=1S/C16H22N2O4/c1-16(2,3)22-15(19)17-13-9-10-20-14(13)18-21-11-12-7-5-4-6-8-12/h4-8,13H,9-11H2,1-3H3,(H,17,19)/b18-14-. The summed E-state index contributed by atoms with van der Waals surface area (Å²) in [4.78, 5) is 17.1. The molecule has 1 saturated heterocycles. The molecule has 1 aromatic carbocycles. The fourth-order valence-electron chi connectivity index (χ4n) is 1.92. The molecule has 0 spiro atoms. The third-order valence-electron chi connectivity index (χ3n) is 2.87. The number of hydrogen-bond acceptors (Lipinski definition) is 5. The first-order valence-electron chi connectivity index (χ1n) is 7.30. The Morgan fingerprint density at radius 2 is 2.09 bits per heavy atom. The van der Waals surface area contributed by atoms with E-state index in [4.69, 9.17) is 14.3 Å². The van der Waals surface area contributed by atoms with Gasteiger partial charge in [0.15, 0.2) is 0 Å². The predicted octanol–water partition coefficient (Wildman–Crippen LogP) is 2.83. The summed E-state index contributed by atoms with van der Waals surface area (Å²) < 4.78 is 10.6. The SMILES string of the molecule is CC(C)(C)OC(=O)NC1CCO/C1=N\OCc1ccccc1. The van der Waals surface area contributed by atoms with Crippen LogP contribution < -0.4 is 5.32 Å². The third kappa shape index (κ3) is 5.27. The first-order valence-corrected chi connectivity index (χ1v) is 7.30. The minimum Gasteiger partial charge on any atom is -0.477 e. The van der Waals surface area contributed by atoms with Crippen molar-refractivity contribution >= 4 is 12.0 Å². The molecule has 2 rings (SSSR count). The van der Waals surface area contributed by atoms with E-state index >= 15 is 0 Å². The molecule has 1 atom stereocenters. The van der Waals surface area contributed by atoms with Gasteiger partial charge in [-0.1, -0.05) is 30.3 Å². The van der Waals surface area contributed by atoms with E-state index < -0.39 is 11.7 Å². The van der Waals surface area contributed by atoms with Crippen LogP contribution in [0.4, 0.5) is 4.79 Å². The first kappa shape index (κ1) is 16.1. The highest BCUT2D eigenvalue weighted by Gasteiger charge is 2.29. The Bertz CT molecular complexity index is 523. The Kier molecular flexibility index (Phi) is 5.25. The fourth-order valence-corrected chi connectivity index (χ4v) is 1.92. The third-order valence-corrected chi connectivity index (χ3v) is 2.87. The van der Waals surface area contributed by atoms with Crippen LogP contribution in [0.1, 0.15) is 32.8 Å². The summed E-state index contributed by atoms with van der Waals surface area (Å²) in [5.41, 5.74) is 0.478. The maximum Gasteiger partial charge on any atom is 0.408 e. The number of alkyl carbamates (subject to hydrolysis) is 1. The fraction of sp³-hybridized carbons (Fsp3) is 0.500. The lowest BCUT2D eigenvalue weighted by Gasteiger charge is -2.21. The number of nitrogens with zero attached hydrogens (tertiary/aromatic N) is 1. The number of ether oxygens (including phenoxy) is 2. The summed E-state index contributed by atoms with van der Waals surface area (Å²) in [7, 11) is 0. The van der Waals surface area contributed by atoms with Crippen molar-refractivity contribution in [1.82, 2.24) is 5.32 Å². The van der Waals surface area contributed by atoms with Crippen LogP contribution in [-0.2, 0) is 20.9 Å². The average Bonchev–Trinajstić information content (AvgIpc) is 2.85. The predicted molar refractivity (Wildman–Crippen MR) is 82.4 cm³/mol. The minimum absolute atomic E-state index is 0.314. The Labute approximate surface area is 130 Å². The molecule has 1 N–H and O–H groups in total. The van der Waals surface area contributed by atoms with E-state index in [1.165, 1.54) is 0 Å². The zero-order chi connectivity index (χ0) is 16.0. The summed E-state index contributed by atoms with van der Waals surface area (Å²) >= 11 is 0. The second-order valence-electron chi connectivity index (χ2n) is 6.02. The van der Waals surface area contributed by atoms with Gasteiger partial charge in [-0.15, -0.1) is 0 Å². The number of carbonyl (C=O) groups excluding carboxylic acids is 1. The molecule has 0 bridgehead atoms. The number of benzene rings is 1. The molecule has 0 aliphatic carbocycles. The zero-order valence-electron chi connectivity index (χ0n) is 13.2. The summed E-state index contributed by atoms with van der Waals surface area (Å²) in [5, 5.41) is 6.71. The monoisotopic (exact) mass is 306 g/mol. The van der Waals surface area contributed by atoms with E-state index in [9.17, 15) is 4.79 Å². The van der Waals surface area contributed by atoms with Crippen molar-refractivity contribution in [3.05, 3.63) is 35.9 Å². The van der Waals surface area contributed by atoms with Gasteiger partial charge in [-0.25, -0.2) is 4.79 Å². The lowest BCUT2D eigenvalue weighted by atomic mass is 10.2. The molecule has 22 heavy (non-hydrogen) atoms. The van der Waals surface area contributed by atoms with Crippen molar-refractivity contribution < 1.29 is 19.1 Å². The van der Waals surface area contributed by atoms with E-state index in [-0.39, 0.29) is 6.04 Å². The number of hydrogen-bond donors (Lipinski definition) is 1. The zero-order valence-corrected chi connectivity index (χ0v) is 13.2. The highest BCUT2D eigenvalue weighted by Crippen LogP contribution is 2.12. The molecule has 1 aliphatic heterocycles. The smallest absolute Gasteiger partial charge is 0.408 e. The number of rotatable bonds is 4. The van der Waals surface area contributed by atoms with E-state index in [1.807, 2.05) is 51.1 Å². The summed E-state index contributed by atoms with van der Waals surface area (Å²) in [6, 6.07) is 9.40. The molecule has 1 heterocycles. The Hall–Kier alpha value is -2.24. The van der Waals surface area contributed by atoms with Crippen molar-refractivity contribution in [1.29, 1.82) is 0 Å². The van der Waals surface area contributed by atoms with Crippen LogP contribution in [0.2, 0.25) is 0 Å². The van der Waals surface area contributed by atoms with E-state index in [1.54, 1.807) is 0 Å². The largest absolute Gasteiger partial charge is 0.477 e. The minimum atomic E-state index is -0.537. The van der Waals surface area contributed by atoms with Gasteiger partial charge in [0.05, 0.1) is 6.61 Å². The lowest BCUT2D eigenvalue weighted by molar-refractivity contribution is 0.0516. The molecular formula is C16H22N2O4. The normalized spacial score (nSPS) is 19.6. The van der Waals surface area contributed by atoms with E-state index in [0.717, 1.165) is 5.56 Å². The highest BCUT2D eigenvalue weighted by atomic mass is 16.6. The van der Waals surface area contributed by atoms with Gasteiger partial charge in [-0.3, -0.25) is 0 Å². The maximum atomic E-state index is 11.8. The van der Waals surface area contributed by atoms with E-state index in [0.29, 0.717) is 25.5 Å². The lowest BCUT2D eigenvalue weighted by Crippen LogP contribution is -2.41. The topological polar surface area (TPSA) is 69.2 Å². The molecule has 1 aliphatic rings. The van der Waals surface area contributed by atoms with Gasteiger partial charge in [-0.05, 0) is 31.5 Å². The van der Waals surface area contributed by atoms with Gasteiger partial charge < -0.3 is 19.6 Å². The van der Waals surface area contributed by atoms with Gasteiger partial charge in [-0.2, -0.15) is 0 Å². The van der Waals surface area contributed by atoms with Crippen LogP contribution in [0.5, 0.6) is 0 Å². The van der Waals surface area contributed by atoms with Gasteiger partial charge in [0.2, 0.25) is 5.90 Å². The molecular weight excluding hydrogens is 284 g/mol. The average molecular weight is 306 g/mol. The molecule has 1 amide bonds. The van der Waals surface area contributed by atoms with Crippen LogP contribution in [0, 0.1) is 0 Å². The molecule has 1 unspecified atom stereocenters. The van der Waals surface area contributed by atoms with Crippen LogP contribution in [0.15, 0.2) is 35.5 Å². The van der Waals surface area contributed by atoms with Crippen molar-refractivity contribution in [3.8, 4) is 0 Å². The maximum absolute atomic E-state index is 11.8. The molecule has 0 aromatic heterocycles. The molecule has 0 saturated carbocycles. The molecule has 6 heteroatoms. The Balaban J connectivity index is 1.84. The number of nitrogens with one attached hydrogen (secondary N) is 1. The van der Waals surface area contributed by atoms with Crippen LogP contribution >= 0.6 is 0 Å². The molecule has 6 nitrogen and oxygen atoms in total. The second-order valence-corrected chi connectivity index (χ2v) is 6.02. The van der Waals surface area contributed by atoms with Crippen molar-refractivity contribution in [2.75, 3.05) is 6.61 Å². The second kappa shape index (κ2) is 7.15. The van der Waals surface area contributed by atoms with Crippen molar-refractivity contribution in [2.24, 2.45) is 5.16 Å². The highest BCUT2D eigenvalue weighted by molar-refractivity contribution is 5.86. The van der Waals surface area contributed by atoms with Gasteiger partial charge in [0.25, 0.3) is 0 Å². The van der Waals surface area contributed by atoms with Crippen LogP contribution in [0.3, 0.4) is 0 Å². The van der Waals surface area contributed by atoms with Gasteiger partial charge in [0.1, 0.15) is 18.2 Å². The van der Waals surface area contributed by atoms with Crippen molar-refractivity contribution in [2.45, 2.75) is 45.4 Å². The number of oxime groups is 1. The Morgan fingerprint density at radius 3 is 2.77 bits per heavy atom. The van der Waals surface area contributed by atoms with E-state index in [2.05, 4.69) is 10.5 Å². The summed E-state index contributed by atoms with van der Waals surface area (Å²) in [6.07, 6.45) is 0.158. The van der Waals surface area contributed by atoms with Gasteiger partial charge >= 0.3 is 6.09 Å². The number of amides is 1. The van der Waals surface area contributed by atoms with Crippen LogP contribution in [-0.4, -0.2) is 30.2 Å². The number of carbonyl (C=O) groups is 1. The van der Waals surface area contributed by atoms with Crippen LogP contribution in [0.25, 0.3) is 0 Å². The summed E-state index contributed by atoms with van der Waals surface area (Å²) in [6.45, 7) is 6.29.